The molecule has 1 unspecified atom stereocenters. The van der Waals surface area contributed by atoms with Crippen LogP contribution in [0.1, 0.15) is 43.8 Å². The number of hydrogen-bond donors (Lipinski definition) is 1. The van der Waals surface area contributed by atoms with Gasteiger partial charge in [-0.15, -0.1) is 0 Å². The van der Waals surface area contributed by atoms with Crippen molar-refractivity contribution in [1.29, 1.82) is 0 Å². The van der Waals surface area contributed by atoms with E-state index in [1.807, 2.05) is 7.05 Å². The molecule has 1 atom stereocenters. The van der Waals surface area contributed by atoms with E-state index in [0.717, 1.165) is 18.5 Å². The SMILES string of the molecule is CNC(c1nccnc1OC)C1(OC)CCCCC1. The van der Waals surface area contributed by atoms with Crippen LogP contribution in [-0.2, 0) is 4.74 Å². The Morgan fingerprint density at radius 2 is 1.84 bits per heavy atom. The molecule has 1 aromatic heterocycles. The molecule has 0 saturated heterocycles. The molecular formula is C14H23N3O2. The maximum atomic E-state index is 5.90. The van der Waals surface area contributed by atoms with Crippen LogP contribution in [0, 0.1) is 0 Å². The first-order valence-electron chi connectivity index (χ1n) is 6.84. The van der Waals surface area contributed by atoms with Gasteiger partial charge in [-0.2, -0.15) is 0 Å². The fourth-order valence-corrected chi connectivity index (χ4v) is 3.10. The van der Waals surface area contributed by atoms with Crippen LogP contribution in [0.25, 0.3) is 0 Å². The van der Waals surface area contributed by atoms with Crippen molar-refractivity contribution < 1.29 is 9.47 Å². The van der Waals surface area contributed by atoms with Crippen LogP contribution in [-0.4, -0.2) is 36.8 Å². The Balaban J connectivity index is 2.36. The van der Waals surface area contributed by atoms with E-state index in [1.54, 1.807) is 26.6 Å². The standard InChI is InChI=1S/C14H23N3O2/c1-15-12(11-13(18-2)17-10-9-16-11)14(19-3)7-5-4-6-8-14/h9-10,12,15H,4-8H2,1-3H3. The Morgan fingerprint density at radius 3 is 2.42 bits per heavy atom. The van der Waals surface area contributed by atoms with Gasteiger partial charge in [0.05, 0.1) is 18.8 Å². The first-order chi connectivity index (χ1) is 9.27. The monoisotopic (exact) mass is 265 g/mol. The number of nitrogens with one attached hydrogen (secondary N) is 1. The van der Waals surface area contributed by atoms with Crippen LogP contribution in [0.2, 0.25) is 0 Å². The second kappa shape index (κ2) is 6.30. The van der Waals surface area contributed by atoms with E-state index in [4.69, 9.17) is 9.47 Å². The van der Waals surface area contributed by atoms with Crippen LogP contribution < -0.4 is 10.1 Å². The van der Waals surface area contributed by atoms with Crippen molar-refractivity contribution in [1.82, 2.24) is 15.3 Å². The average Bonchev–Trinajstić information content (AvgIpc) is 2.49. The minimum Gasteiger partial charge on any atom is -0.480 e. The van der Waals surface area contributed by atoms with E-state index in [-0.39, 0.29) is 11.6 Å². The smallest absolute Gasteiger partial charge is 0.237 e. The zero-order chi connectivity index (χ0) is 13.7. The molecule has 0 aromatic carbocycles. The highest BCUT2D eigenvalue weighted by Gasteiger charge is 2.42. The third-order valence-corrected chi connectivity index (χ3v) is 4.08. The van der Waals surface area contributed by atoms with Gasteiger partial charge < -0.3 is 14.8 Å². The molecule has 1 saturated carbocycles. The summed E-state index contributed by atoms with van der Waals surface area (Å²) in [5.74, 6) is 0.573. The number of likely N-dealkylation sites (N-methyl/N-ethyl adjacent to an activating group) is 1. The zero-order valence-electron chi connectivity index (χ0n) is 12.0. The highest BCUT2D eigenvalue weighted by Crippen LogP contribution is 2.42. The van der Waals surface area contributed by atoms with Gasteiger partial charge in [-0.25, -0.2) is 4.98 Å². The molecule has 1 N–H and O–H groups in total. The van der Waals surface area contributed by atoms with Gasteiger partial charge in [0.15, 0.2) is 0 Å². The quantitative estimate of drug-likeness (QED) is 0.883. The van der Waals surface area contributed by atoms with Crippen molar-refractivity contribution in [2.24, 2.45) is 0 Å². The molecule has 1 aromatic rings. The summed E-state index contributed by atoms with van der Waals surface area (Å²) in [6, 6.07) is 0.00134. The highest BCUT2D eigenvalue weighted by molar-refractivity contribution is 5.24. The lowest BCUT2D eigenvalue weighted by Gasteiger charge is -2.42. The molecule has 1 aliphatic rings. The molecule has 0 aliphatic heterocycles. The van der Waals surface area contributed by atoms with Crippen LogP contribution in [0.5, 0.6) is 5.88 Å². The first-order valence-corrected chi connectivity index (χ1v) is 6.84. The molecule has 0 spiro atoms. The predicted molar refractivity (Wildman–Crippen MR) is 73.2 cm³/mol. The lowest BCUT2D eigenvalue weighted by molar-refractivity contribution is -0.0686. The van der Waals surface area contributed by atoms with Gasteiger partial charge >= 0.3 is 0 Å². The minimum absolute atomic E-state index is 0.00134. The summed E-state index contributed by atoms with van der Waals surface area (Å²) >= 11 is 0. The molecule has 106 valence electrons. The highest BCUT2D eigenvalue weighted by atomic mass is 16.5. The summed E-state index contributed by atoms with van der Waals surface area (Å²) in [7, 11) is 5.35. The Hall–Kier alpha value is -1.20. The van der Waals surface area contributed by atoms with Crippen LogP contribution >= 0.6 is 0 Å². The molecule has 2 rings (SSSR count). The van der Waals surface area contributed by atoms with Gasteiger partial charge in [-0.3, -0.25) is 4.98 Å². The molecule has 0 bridgehead atoms. The molecule has 5 heteroatoms. The average molecular weight is 265 g/mol. The predicted octanol–water partition coefficient (Wildman–Crippen LogP) is 2.09. The Kier molecular flexibility index (Phi) is 4.71. The van der Waals surface area contributed by atoms with E-state index in [0.29, 0.717) is 5.88 Å². The van der Waals surface area contributed by atoms with Crippen LogP contribution in [0.3, 0.4) is 0 Å². The maximum absolute atomic E-state index is 5.90. The van der Waals surface area contributed by atoms with Crippen molar-refractivity contribution >= 4 is 0 Å². The molecule has 19 heavy (non-hydrogen) atoms. The van der Waals surface area contributed by atoms with Gasteiger partial charge in [0.2, 0.25) is 5.88 Å². The summed E-state index contributed by atoms with van der Waals surface area (Å²) in [5, 5.41) is 3.35. The lowest BCUT2D eigenvalue weighted by Crippen LogP contribution is -2.46. The molecule has 1 fully saturated rings. The zero-order valence-corrected chi connectivity index (χ0v) is 12.0. The number of nitrogens with zero attached hydrogens (tertiary/aromatic N) is 2. The minimum atomic E-state index is -0.212. The van der Waals surface area contributed by atoms with Crippen molar-refractivity contribution in [2.75, 3.05) is 21.3 Å². The van der Waals surface area contributed by atoms with Gasteiger partial charge in [-0.05, 0) is 19.9 Å². The first kappa shape index (κ1) is 14.2. The summed E-state index contributed by atoms with van der Waals surface area (Å²) < 4.78 is 11.2. The van der Waals surface area contributed by atoms with Crippen LogP contribution in [0.4, 0.5) is 0 Å². The lowest BCUT2D eigenvalue weighted by atomic mass is 9.78. The van der Waals surface area contributed by atoms with Crippen molar-refractivity contribution in [3.63, 3.8) is 0 Å². The van der Waals surface area contributed by atoms with Crippen molar-refractivity contribution in [3.8, 4) is 5.88 Å². The number of rotatable bonds is 5. The number of aromatic nitrogens is 2. The van der Waals surface area contributed by atoms with Crippen LogP contribution in [0.15, 0.2) is 12.4 Å². The third-order valence-electron chi connectivity index (χ3n) is 4.08. The largest absolute Gasteiger partial charge is 0.480 e. The molecule has 1 heterocycles. The molecule has 0 radical (unpaired) electrons. The second-order valence-corrected chi connectivity index (χ2v) is 5.00. The number of hydrogen-bond acceptors (Lipinski definition) is 5. The number of ether oxygens (including phenoxy) is 2. The Morgan fingerprint density at radius 1 is 1.16 bits per heavy atom. The summed E-state index contributed by atoms with van der Waals surface area (Å²) in [4.78, 5) is 8.70. The van der Waals surface area contributed by atoms with E-state index < -0.39 is 0 Å². The van der Waals surface area contributed by atoms with Gasteiger partial charge in [-0.1, -0.05) is 19.3 Å². The fraction of sp³-hybridized carbons (Fsp3) is 0.714. The van der Waals surface area contributed by atoms with Gasteiger partial charge in [0, 0.05) is 19.5 Å². The van der Waals surface area contributed by atoms with Crippen molar-refractivity contribution in [3.05, 3.63) is 18.1 Å². The topological polar surface area (TPSA) is 56.3 Å². The van der Waals surface area contributed by atoms with E-state index >= 15 is 0 Å². The fourth-order valence-electron chi connectivity index (χ4n) is 3.10. The summed E-state index contributed by atoms with van der Waals surface area (Å²) in [6.45, 7) is 0. The summed E-state index contributed by atoms with van der Waals surface area (Å²) in [5.41, 5.74) is 0.618. The van der Waals surface area contributed by atoms with Gasteiger partial charge in [0.25, 0.3) is 0 Å². The third kappa shape index (κ3) is 2.72. The van der Waals surface area contributed by atoms with E-state index in [2.05, 4.69) is 15.3 Å². The summed E-state index contributed by atoms with van der Waals surface area (Å²) in [6.07, 6.45) is 9.08. The molecule has 5 nitrogen and oxygen atoms in total. The maximum Gasteiger partial charge on any atom is 0.237 e. The molecule has 1 aliphatic carbocycles. The Bertz CT molecular complexity index is 405. The van der Waals surface area contributed by atoms with E-state index in [9.17, 15) is 0 Å². The van der Waals surface area contributed by atoms with Gasteiger partial charge in [0.1, 0.15) is 5.69 Å². The molecular weight excluding hydrogens is 242 g/mol. The Labute approximate surface area is 114 Å². The van der Waals surface area contributed by atoms with E-state index in [1.165, 1.54) is 19.3 Å². The normalized spacial score (nSPS) is 19.9. The van der Waals surface area contributed by atoms with Crippen molar-refractivity contribution in [2.45, 2.75) is 43.7 Å². The number of methoxy groups -OCH3 is 2. The molecule has 0 amide bonds. The second-order valence-electron chi connectivity index (χ2n) is 5.00.